The second-order valence-electron chi connectivity index (χ2n) is 25.7. The van der Waals surface area contributed by atoms with Gasteiger partial charge in [-0.15, -0.1) is 0 Å². The van der Waals surface area contributed by atoms with Crippen molar-refractivity contribution in [3.05, 3.63) is 12.2 Å². The van der Waals surface area contributed by atoms with Crippen LogP contribution in [0.3, 0.4) is 0 Å². The second-order valence-corrected chi connectivity index (χ2v) is 25.7. The maximum absolute atomic E-state index is 15.1. The predicted octanol–water partition coefficient (Wildman–Crippen LogP) is 2.17. The molecule has 87 heavy (non-hydrogen) atoms. The number of ether oxygens (including phenoxy) is 1. The smallest absolute Gasteiger partial charge is 0.302 e. The average Bonchev–Trinajstić information content (AvgIpc) is 1.44. The molecule has 11 amide bonds. The first kappa shape index (κ1) is 78.4. The Labute approximate surface area is 518 Å². The summed E-state index contributed by atoms with van der Waals surface area (Å²) >= 11 is 0. The number of nitrogens with one attached hydrogen (secondary N) is 4. The van der Waals surface area contributed by atoms with E-state index >= 15 is 9.59 Å². The summed E-state index contributed by atoms with van der Waals surface area (Å²) in [4.78, 5) is 181. The number of likely N-dealkylation sites (N-methyl/N-ethyl adjacent to an activating group) is 7. The molecular formula is C62H109N11O14. The van der Waals surface area contributed by atoms with Crippen LogP contribution in [0.5, 0.6) is 0 Å². The van der Waals surface area contributed by atoms with Crippen LogP contribution in [0.4, 0.5) is 0 Å². The highest BCUT2D eigenvalue weighted by Gasteiger charge is 2.46. The molecule has 25 nitrogen and oxygen atoms in total. The van der Waals surface area contributed by atoms with Crippen molar-refractivity contribution in [2.24, 2.45) is 35.5 Å². The van der Waals surface area contributed by atoms with Crippen LogP contribution in [0.1, 0.15) is 150 Å². The number of carbonyl (C=O) groups excluding carboxylic acids is 12. The Hall–Kier alpha value is -6.66. The van der Waals surface area contributed by atoms with Gasteiger partial charge in [-0.1, -0.05) is 95.2 Å². The molecule has 0 saturated carbocycles. The Kier molecular flexibility index (Phi) is 31.8. The summed E-state index contributed by atoms with van der Waals surface area (Å²) in [6.45, 7) is 27.5. The highest BCUT2D eigenvalue weighted by atomic mass is 16.5. The lowest BCUT2D eigenvalue weighted by Crippen LogP contribution is -2.63. The van der Waals surface area contributed by atoms with Gasteiger partial charge in [-0.25, -0.2) is 0 Å². The molecule has 0 bridgehead atoms. The van der Waals surface area contributed by atoms with Gasteiger partial charge in [0, 0.05) is 56.3 Å². The molecule has 0 aromatic heterocycles. The van der Waals surface area contributed by atoms with Crippen LogP contribution < -0.4 is 21.3 Å². The molecule has 1 fully saturated rings. The fourth-order valence-electron chi connectivity index (χ4n) is 10.8. The molecule has 1 heterocycles. The molecule has 1 rings (SSSR count). The average molecular weight is 1230 g/mol. The van der Waals surface area contributed by atoms with Crippen molar-refractivity contribution >= 4 is 70.9 Å². The molecular weight excluding hydrogens is 1120 g/mol. The molecule has 0 radical (unpaired) electrons. The molecule has 496 valence electrons. The Balaban J connectivity index is 4.38. The van der Waals surface area contributed by atoms with Gasteiger partial charge in [-0.3, -0.25) is 57.5 Å². The van der Waals surface area contributed by atoms with Gasteiger partial charge in [-0.2, -0.15) is 0 Å². The van der Waals surface area contributed by atoms with E-state index in [1.807, 2.05) is 41.5 Å². The SMILES string of the molecule is C/C=C/C[C@@H](C)[C@@H](O)[C@H]1C(=O)N[C@@H](CC)C(=O)N(C)CC(=O)N(C)[C@@H]([C@H](C)OC(C)=O)C(=O)N[C@@H](C(C)C)C(=O)N(C)[C@@H](CC(C)C)C(=O)N[C@@H](C)C(=O)N[C@H](C)C(=O)N(C)[C@@H](CC(C)C)C(=O)N(C)[C@@H](CC(C)C)C(=O)N(C)[C@@H](C(C)C)C(=O)N1C. The zero-order chi connectivity index (χ0) is 67.6. The fraction of sp³-hybridized carbons (Fsp3) is 0.774. The highest BCUT2D eigenvalue weighted by molar-refractivity contribution is 5.99. The van der Waals surface area contributed by atoms with Crippen molar-refractivity contribution in [1.29, 1.82) is 0 Å². The van der Waals surface area contributed by atoms with Gasteiger partial charge < -0.3 is 65.4 Å². The van der Waals surface area contributed by atoms with Crippen molar-refractivity contribution in [2.45, 2.75) is 222 Å². The third-order valence-corrected chi connectivity index (χ3v) is 16.1. The van der Waals surface area contributed by atoms with E-state index in [9.17, 15) is 53.1 Å². The summed E-state index contributed by atoms with van der Waals surface area (Å²) in [6, 6.07) is -13.3. The second kappa shape index (κ2) is 35.4. The molecule has 0 aromatic carbocycles. The topological polar surface area (TPSA) is 305 Å². The number of hydrogen-bond donors (Lipinski definition) is 5. The quantitative estimate of drug-likeness (QED) is 0.116. The number of aliphatic hydroxyl groups is 1. The molecule has 1 aliphatic rings. The number of hydrogen-bond acceptors (Lipinski definition) is 14. The minimum atomic E-state index is -1.65. The van der Waals surface area contributed by atoms with Crippen LogP contribution in [0.25, 0.3) is 0 Å². The fourth-order valence-corrected chi connectivity index (χ4v) is 10.8. The van der Waals surface area contributed by atoms with Crippen LogP contribution in [0.2, 0.25) is 0 Å². The van der Waals surface area contributed by atoms with Gasteiger partial charge in [0.05, 0.1) is 12.6 Å². The molecule has 5 N–H and O–H groups in total. The zero-order valence-electron chi connectivity index (χ0n) is 56.7. The van der Waals surface area contributed by atoms with Crippen LogP contribution in [0.15, 0.2) is 12.2 Å². The van der Waals surface area contributed by atoms with Crippen molar-refractivity contribution in [2.75, 3.05) is 55.9 Å². The normalized spacial score (nSPS) is 26.8. The Morgan fingerprint density at radius 3 is 1.44 bits per heavy atom. The molecule has 0 spiro atoms. The van der Waals surface area contributed by atoms with E-state index in [1.54, 1.807) is 60.6 Å². The van der Waals surface area contributed by atoms with Crippen molar-refractivity contribution < 1.29 is 67.4 Å². The molecule has 25 heteroatoms. The maximum Gasteiger partial charge on any atom is 0.302 e. The molecule has 0 unspecified atom stereocenters. The van der Waals surface area contributed by atoms with Crippen LogP contribution in [-0.4, -0.2) is 239 Å². The third kappa shape index (κ3) is 21.9. The largest absolute Gasteiger partial charge is 0.460 e. The number of nitrogens with zero attached hydrogens (tertiary/aromatic N) is 7. The van der Waals surface area contributed by atoms with Gasteiger partial charge in [0.25, 0.3) is 0 Å². The first-order chi connectivity index (χ1) is 40.1. The first-order valence-corrected chi connectivity index (χ1v) is 30.6. The number of carbonyl (C=O) groups is 12. The number of amides is 11. The van der Waals surface area contributed by atoms with Crippen LogP contribution in [0, 0.1) is 35.5 Å². The van der Waals surface area contributed by atoms with Crippen molar-refractivity contribution in [3.8, 4) is 0 Å². The molecule has 0 aliphatic carbocycles. The van der Waals surface area contributed by atoms with Crippen LogP contribution >= 0.6 is 0 Å². The van der Waals surface area contributed by atoms with E-state index in [-0.39, 0.29) is 49.9 Å². The lowest BCUT2D eigenvalue weighted by Gasteiger charge is -2.41. The van der Waals surface area contributed by atoms with E-state index in [0.29, 0.717) is 0 Å². The Morgan fingerprint density at radius 2 is 0.977 bits per heavy atom. The first-order valence-electron chi connectivity index (χ1n) is 30.6. The number of esters is 1. The monoisotopic (exact) mass is 1230 g/mol. The summed E-state index contributed by atoms with van der Waals surface area (Å²) in [5, 5.41) is 22.8. The van der Waals surface area contributed by atoms with E-state index in [4.69, 9.17) is 4.74 Å². The maximum atomic E-state index is 15.1. The number of aliphatic hydroxyl groups excluding tert-OH is 1. The van der Waals surface area contributed by atoms with Crippen LogP contribution in [-0.2, 0) is 62.3 Å². The zero-order valence-corrected chi connectivity index (χ0v) is 56.7. The number of rotatable bonds is 15. The molecule has 1 saturated heterocycles. The Morgan fingerprint density at radius 1 is 0.529 bits per heavy atom. The predicted molar refractivity (Wildman–Crippen MR) is 330 cm³/mol. The minimum absolute atomic E-state index is 0.0365. The van der Waals surface area contributed by atoms with Crippen molar-refractivity contribution in [3.63, 3.8) is 0 Å². The van der Waals surface area contributed by atoms with E-state index in [1.165, 1.54) is 84.8 Å². The van der Waals surface area contributed by atoms with Gasteiger partial charge >= 0.3 is 5.97 Å². The lowest BCUT2D eigenvalue weighted by molar-refractivity contribution is -0.158. The molecule has 1 aliphatic heterocycles. The van der Waals surface area contributed by atoms with E-state index in [2.05, 4.69) is 21.3 Å². The summed E-state index contributed by atoms with van der Waals surface area (Å²) in [5.41, 5.74) is 0. The molecule has 13 atom stereocenters. The van der Waals surface area contributed by atoms with E-state index < -0.39 is 168 Å². The van der Waals surface area contributed by atoms with E-state index in [0.717, 1.165) is 26.5 Å². The summed E-state index contributed by atoms with van der Waals surface area (Å²) in [7, 11) is 9.53. The lowest BCUT2D eigenvalue weighted by atomic mass is 9.91. The Bertz CT molecular complexity index is 2430. The van der Waals surface area contributed by atoms with Gasteiger partial charge in [0.1, 0.15) is 66.5 Å². The van der Waals surface area contributed by atoms with Gasteiger partial charge in [0.15, 0.2) is 0 Å². The standard InChI is InChI=1S/C62H109N11O14/c1-25-27-28-38(13)52(76)51-56(80)65-43(26-2)58(82)67(18)32-47(75)71(22)50(41(16)87-42(17)74)55(79)66-48(36(9)10)61(85)68(19)44(29-33(3)4)54(78)63-39(14)53(77)64-40(15)57(81)69(20)45(30-34(5)6)59(83)70(21)46(31-35(7)8)60(84)72(23)49(37(11)12)62(86)73(51)24/h25,27,33-41,43-46,48-52,76H,26,28-32H2,1-24H3,(H,63,78)(H,64,77)(H,65,80)(H,66,79)/b27-25+/t38-,39+,40-,41+,43+,44+,45+,46+,48+,49+,50+,51+,52-/m1/s1. The summed E-state index contributed by atoms with van der Waals surface area (Å²) in [6.07, 6.45) is 1.30. The van der Waals surface area contributed by atoms with Crippen molar-refractivity contribution in [1.82, 2.24) is 55.6 Å². The van der Waals surface area contributed by atoms with Gasteiger partial charge in [0.2, 0.25) is 65.0 Å². The summed E-state index contributed by atoms with van der Waals surface area (Å²) in [5.74, 6) is -11.5. The molecule has 0 aromatic rings. The summed E-state index contributed by atoms with van der Waals surface area (Å²) < 4.78 is 5.44. The number of allylic oxidation sites excluding steroid dienone is 2. The highest BCUT2D eigenvalue weighted by Crippen LogP contribution is 2.25. The third-order valence-electron chi connectivity index (χ3n) is 16.1. The minimum Gasteiger partial charge on any atom is -0.460 e. The van der Waals surface area contributed by atoms with Gasteiger partial charge in [-0.05, 0) is 95.3 Å².